The third kappa shape index (κ3) is 2.91. The van der Waals surface area contributed by atoms with Gasteiger partial charge in [-0.25, -0.2) is 4.79 Å². The van der Waals surface area contributed by atoms with Crippen LogP contribution in [0.15, 0.2) is 53.3 Å². The molecular weight excluding hydrogens is 330 g/mol. The number of para-hydroxylation sites is 1. The number of nitrogens with zero attached hydrogens (tertiary/aromatic N) is 1. The minimum Gasteiger partial charge on any atom is -0.505 e. The second kappa shape index (κ2) is 6.25. The van der Waals surface area contributed by atoms with Gasteiger partial charge in [-0.1, -0.05) is 29.8 Å². The molecule has 2 aromatic carbocycles. The Hall–Kier alpha value is -2.99. The van der Waals surface area contributed by atoms with Crippen LogP contribution < -0.4 is 16.2 Å². The Bertz CT molecular complexity index is 998. The highest BCUT2D eigenvalue weighted by Gasteiger charge is 2.16. The SMILES string of the molecule is Cn1c(=O)c(NC(=O)Nc2cccc(Cl)c2)c(O)c2ccccc21. The topological polar surface area (TPSA) is 83.4 Å². The number of aromatic nitrogens is 1. The van der Waals surface area contributed by atoms with Gasteiger partial charge in [0.15, 0.2) is 11.4 Å². The summed E-state index contributed by atoms with van der Waals surface area (Å²) in [6.45, 7) is 0. The van der Waals surface area contributed by atoms with Crippen LogP contribution in [0.1, 0.15) is 0 Å². The molecule has 0 bridgehead atoms. The number of fused-ring (bicyclic) bond motifs is 1. The monoisotopic (exact) mass is 343 g/mol. The second-order valence-corrected chi connectivity index (χ2v) is 5.63. The molecule has 0 atom stereocenters. The fraction of sp³-hybridized carbons (Fsp3) is 0.0588. The predicted octanol–water partition coefficient (Wildman–Crippen LogP) is 3.54. The molecule has 7 heteroatoms. The summed E-state index contributed by atoms with van der Waals surface area (Å²) >= 11 is 5.86. The number of hydrogen-bond donors (Lipinski definition) is 3. The Balaban J connectivity index is 1.95. The lowest BCUT2D eigenvalue weighted by Crippen LogP contribution is -2.27. The number of benzene rings is 2. The number of urea groups is 1. The number of hydrogen-bond acceptors (Lipinski definition) is 3. The molecule has 0 aliphatic carbocycles. The number of rotatable bonds is 2. The molecule has 3 rings (SSSR count). The molecule has 24 heavy (non-hydrogen) atoms. The Morgan fingerprint density at radius 2 is 1.88 bits per heavy atom. The Kier molecular flexibility index (Phi) is 4.14. The number of aryl methyl sites for hydroxylation is 1. The molecule has 3 N–H and O–H groups in total. The number of nitrogens with one attached hydrogen (secondary N) is 2. The van der Waals surface area contributed by atoms with Crippen molar-refractivity contribution >= 4 is 39.9 Å². The summed E-state index contributed by atoms with van der Waals surface area (Å²) < 4.78 is 1.37. The average molecular weight is 344 g/mol. The van der Waals surface area contributed by atoms with Crippen LogP contribution >= 0.6 is 11.6 Å². The van der Waals surface area contributed by atoms with Gasteiger partial charge < -0.3 is 15.0 Å². The average Bonchev–Trinajstić information content (AvgIpc) is 2.57. The number of amides is 2. The quantitative estimate of drug-likeness (QED) is 0.665. The Labute approximate surface area is 142 Å². The molecule has 3 aromatic rings. The van der Waals surface area contributed by atoms with E-state index in [2.05, 4.69) is 10.6 Å². The van der Waals surface area contributed by atoms with Crippen LogP contribution in [0.4, 0.5) is 16.2 Å². The van der Waals surface area contributed by atoms with Crippen molar-refractivity contribution < 1.29 is 9.90 Å². The van der Waals surface area contributed by atoms with E-state index in [1.807, 2.05) is 0 Å². The van der Waals surface area contributed by atoms with Crippen LogP contribution in [0.25, 0.3) is 10.9 Å². The lowest BCUT2D eigenvalue weighted by atomic mass is 10.2. The van der Waals surface area contributed by atoms with E-state index in [1.54, 1.807) is 55.6 Å². The first-order valence-corrected chi connectivity index (χ1v) is 7.49. The molecule has 2 amide bonds. The van der Waals surface area contributed by atoms with Crippen molar-refractivity contribution in [3.63, 3.8) is 0 Å². The molecule has 6 nitrogen and oxygen atoms in total. The van der Waals surface area contributed by atoms with E-state index in [9.17, 15) is 14.7 Å². The van der Waals surface area contributed by atoms with Gasteiger partial charge in [0.05, 0.1) is 5.52 Å². The minimum atomic E-state index is -0.653. The Morgan fingerprint density at radius 1 is 1.12 bits per heavy atom. The highest BCUT2D eigenvalue weighted by Crippen LogP contribution is 2.29. The van der Waals surface area contributed by atoms with E-state index in [4.69, 9.17) is 11.6 Å². The molecule has 0 aliphatic rings. The molecule has 1 aromatic heterocycles. The maximum Gasteiger partial charge on any atom is 0.323 e. The van der Waals surface area contributed by atoms with Crippen LogP contribution in [0.3, 0.4) is 0 Å². The highest BCUT2D eigenvalue weighted by atomic mass is 35.5. The molecule has 0 radical (unpaired) electrons. The van der Waals surface area contributed by atoms with E-state index < -0.39 is 11.6 Å². The van der Waals surface area contributed by atoms with E-state index in [1.165, 1.54) is 4.57 Å². The third-order valence-electron chi connectivity index (χ3n) is 3.60. The van der Waals surface area contributed by atoms with Gasteiger partial charge in [0.2, 0.25) is 0 Å². The van der Waals surface area contributed by atoms with Crippen molar-refractivity contribution in [1.29, 1.82) is 0 Å². The first-order chi connectivity index (χ1) is 11.5. The molecule has 1 heterocycles. The molecule has 0 saturated heterocycles. The summed E-state index contributed by atoms with van der Waals surface area (Å²) in [5, 5.41) is 16.2. The van der Waals surface area contributed by atoms with Gasteiger partial charge >= 0.3 is 6.03 Å². The number of anilines is 2. The molecule has 0 saturated carbocycles. The fourth-order valence-electron chi connectivity index (χ4n) is 2.43. The van der Waals surface area contributed by atoms with Gasteiger partial charge in [-0.3, -0.25) is 10.1 Å². The van der Waals surface area contributed by atoms with Gasteiger partial charge in [-0.15, -0.1) is 0 Å². The van der Waals surface area contributed by atoms with Crippen LogP contribution in [-0.2, 0) is 7.05 Å². The second-order valence-electron chi connectivity index (χ2n) is 5.19. The third-order valence-corrected chi connectivity index (χ3v) is 3.83. The molecular formula is C17H14ClN3O3. The van der Waals surface area contributed by atoms with E-state index in [0.717, 1.165) is 0 Å². The lowest BCUT2D eigenvalue weighted by molar-refractivity contribution is 0.262. The van der Waals surface area contributed by atoms with Crippen molar-refractivity contribution in [2.75, 3.05) is 10.6 Å². The fourth-order valence-corrected chi connectivity index (χ4v) is 2.62. The van der Waals surface area contributed by atoms with Gasteiger partial charge in [-0.05, 0) is 30.3 Å². The number of pyridine rings is 1. The van der Waals surface area contributed by atoms with Crippen LogP contribution in [0.2, 0.25) is 5.02 Å². The number of halogens is 1. The first-order valence-electron chi connectivity index (χ1n) is 7.11. The van der Waals surface area contributed by atoms with Crippen LogP contribution in [0, 0.1) is 0 Å². The zero-order valence-corrected chi connectivity index (χ0v) is 13.5. The van der Waals surface area contributed by atoms with Gasteiger partial charge in [0.1, 0.15) is 0 Å². The maximum absolute atomic E-state index is 12.4. The summed E-state index contributed by atoms with van der Waals surface area (Å²) in [7, 11) is 1.57. The van der Waals surface area contributed by atoms with Crippen LogP contribution in [-0.4, -0.2) is 15.7 Å². The van der Waals surface area contributed by atoms with E-state index in [0.29, 0.717) is 21.6 Å². The lowest BCUT2D eigenvalue weighted by Gasteiger charge is -2.13. The molecule has 0 fully saturated rings. The Morgan fingerprint density at radius 3 is 2.62 bits per heavy atom. The summed E-state index contributed by atoms with van der Waals surface area (Å²) in [5.74, 6) is -0.269. The smallest absolute Gasteiger partial charge is 0.323 e. The van der Waals surface area contributed by atoms with Crippen molar-refractivity contribution in [3.05, 3.63) is 63.9 Å². The van der Waals surface area contributed by atoms with Gasteiger partial charge in [-0.2, -0.15) is 0 Å². The van der Waals surface area contributed by atoms with Crippen molar-refractivity contribution in [2.45, 2.75) is 0 Å². The summed E-state index contributed by atoms with van der Waals surface area (Å²) in [4.78, 5) is 24.5. The molecule has 0 unspecified atom stereocenters. The van der Waals surface area contributed by atoms with Crippen molar-refractivity contribution in [1.82, 2.24) is 4.57 Å². The van der Waals surface area contributed by atoms with Crippen LogP contribution in [0.5, 0.6) is 5.75 Å². The van der Waals surface area contributed by atoms with E-state index in [-0.39, 0.29) is 11.4 Å². The zero-order valence-electron chi connectivity index (χ0n) is 12.7. The number of aromatic hydroxyl groups is 1. The first kappa shape index (κ1) is 15.9. The summed E-state index contributed by atoms with van der Waals surface area (Å²) in [6.07, 6.45) is 0. The summed E-state index contributed by atoms with van der Waals surface area (Å²) in [6, 6.07) is 12.8. The molecule has 122 valence electrons. The van der Waals surface area contributed by atoms with Crippen molar-refractivity contribution in [2.24, 2.45) is 7.05 Å². The number of carbonyl (C=O) groups is 1. The van der Waals surface area contributed by atoms with Gasteiger partial charge in [0, 0.05) is 23.1 Å². The normalized spacial score (nSPS) is 10.6. The van der Waals surface area contributed by atoms with Crippen molar-refractivity contribution in [3.8, 4) is 5.75 Å². The largest absolute Gasteiger partial charge is 0.505 e. The zero-order chi connectivity index (χ0) is 17.3. The highest BCUT2D eigenvalue weighted by molar-refractivity contribution is 6.30. The molecule has 0 aliphatic heterocycles. The minimum absolute atomic E-state index is 0.185. The number of carbonyl (C=O) groups excluding carboxylic acids is 1. The predicted molar refractivity (Wildman–Crippen MR) is 94.9 cm³/mol. The molecule has 0 spiro atoms. The summed E-state index contributed by atoms with van der Waals surface area (Å²) in [5.41, 5.74) is 0.348. The standard InChI is InChI=1S/C17H14ClN3O3/c1-21-13-8-3-2-7-12(13)15(22)14(16(21)23)20-17(24)19-11-6-4-5-10(18)9-11/h2-9,22H,1H3,(H2,19,20,24). The van der Waals surface area contributed by atoms with Gasteiger partial charge in [0.25, 0.3) is 5.56 Å². The van der Waals surface area contributed by atoms with E-state index >= 15 is 0 Å². The maximum atomic E-state index is 12.4.